The summed E-state index contributed by atoms with van der Waals surface area (Å²) in [7, 11) is 0. The minimum atomic E-state index is -0.966. The molecule has 80 valence electrons. The maximum Gasteiger partial charge on any atom is 0.337 e. The van der Waals surface area contributed by atoms with Crippen molar-refractivity contribution in [1.82, 2.24) is 4.98 Å². The van der Waals surface area contributed by atoms with Gasteiger partial charge in [-0.3, -0.25) is 4.98 Å². The SMILES string of the molecule is O=C(O)c1ccncc1C#CC1=CCCC1. The van der Waals surface area contributed by atoms with Crippen molar-refractivity contribution in [3.8, 4) is 11.8 Å². The summed E-state index contributed by atoms with van der Waals surface area (Å²) in [6, 6.07) is 1.47. The van der Waals surface area contributed by atoms with Crippen LogP contribution in [0, 0.1) is 11.8 Å². The Bertz CT molecular complexity index is 506. The Balaban J connectivity index is 2.30. The zero-order valence-corrected chi connectivity index (χ0v) is 8.73. The second-order valence-corrected chi connectivity index (χ2v) is 3.60. The molecule has 1 aliphatic rings. The van der Waals surface area contributed by atoms with E-state index >= 15 is 0 Å². The third kappa shape index (κ3) is 2.29. The molecule has 1 heterocycles. The van der Waals surface area contributed by atoms with Crippen LogP contribution in [0.15, 0.2) is 30.1 Å². The van der Waals surface area contributed by atoms with Gasteiger partial charge in [-0.25, -0.2) is 4.79 Å². The first-order valence-electron chi connectivity index (χ1n) is 5.16. The maximum atomic E-state index is 10.9. The van der Waals surface area contributed by atoms with Crippen LogP contribution in [0.5, 0.6) is 0 Å². The zero-order chi connectivity index (χ0) is 11.4. The van der Waals surface area contributed by atoms with Crippen LogP contribution in [0.25, 0.3) is 0 Å². The predicted octanol–water partition coefficient (Wildman–Crippen LogP) is 2.24. The molecule has 0 bridgehead atoms. The number of hydrogen-bond acceptors (Lipinski definition) is 2. The number of hydrogen-bond donors (Lipinski definition) is 1. The van der Waals surface area contributed by atoms with Gasteiger partial charge in [0, 0.05) is 12.4 Å². The van der Waals surface area contributed by atoms with Crippen molar-refractivity contribution in [3.63, 3.8) is 0 Å². The number of carbonyl (C=O) groups is 1. The monoisotopic (exact) mass is 213 g/mol. The van der Waals surface area contributed by atoms with Gasteiger partial charge in [0.1, 0.15) is 0 Å². The van der Waals surface area contributed by atoms with Gasteiger partial charge in [-0.15, -0.1) is 0 Å². The summed E-state index contributed by atoms with van der Waals surface area (Å²) in [6.07, 6.45) is 8.26. The first-order valence-corrected chi connectivity index (χ1v) is 5.16. The fourth-order valence-electron chi connectivity index (χ4n) is 1.61. The lowest BCUT2D eigenvalue weighted by atomic mass is 10.1. The van der Waals surface area contributed by atoms with Crippen LogP contribution < -0.4 is 0 Å². The van der Waals surface area contributed by atoms with Crippen LogP contribution >= 0.6 is 0 Å². The summed E-state index contributed by atoms with van der Waals surface area (Å²) in [6.45, 7) is 0. The normalized spacial score (nSPS) is 13.9. The molecule has 0 saturated carbocycles. The van der Waals surface area contributed by atoms with E-state index in [0.717, 1.165) is 24.8 Å². The van der Waals surface area contributed by atoms with E-state index in [1.54, 1.807) is 0 Å². The van der Waals surface area contributed by atoms with E-state index in [-0.39, 0.29) is 5.56 Å². The van der Waals surface area contributed by atoms with Crippen molar-refractivity contribution in [2.75, 3.05) is 0 Å². The van der Waals surface area contributed by atoms with Gasteiger partial charge in [0.2, 0.25) is 0 Å². The third-order valence-electron chi connectivity index (χ3n) is 2.45. The number of aromatic carboxylic acids is 1. The van der Waals surface area contributed by atoms with E-state index in [0.29, 0.717) is 5.56 Å². The number of allylic oxidation sites excluding steroid dienone is 2. The van der Waals surface area contributed by atoms with Crippen molar-refractivity contribution in [2.45, 2.75) is 19.3 Å². The van der Waals surface area contributed by atoms with Crippen molar-refractivity contribution >= 4 is 5.97 Å². The van der Waals surface area contributed by atoms with Crippen LogP contribution in [-0.2, 0) is 0 Å². The minimum absolute atomic E-state index is 0.209. The van der Waals surface area contributed by atoms with Gasteiger partial charge >= 0.3 is 5.97 Å². The quantitative estimate of drug-likeness (QED) is 0.728. The van der Waals surface area contributed by atoms with Crippen LogP contribution in [0.1, 0.15) is 35.2 Å². The molecular weight excluding hydrogens is 202 g/mol. The molecule has 0 unspecified atom stereocenters. The van der Waals surface area contributed by atoms with E-state index in [4.69, 9.17) is 5.11 Å². The minimum Gasteiger partial charge on any atom is -0.478 e. The van der Waals surface area contributed by atoms with Crippen LogP contribution in [0.4, 0.5) is 0 Å². The highest BCUT2D eigenvalue weighted by molar-refractivity contribution is 5.90. The fourth-order valence-corrected chi connectivity index (χ4v) is 1.61. The Morgan fingerprint density at radius 2 is 2.31 bits per heavy atom. The Labute approximate surface area is 93.8 Å². The lowest BCUT2D eigenvalue weighted by Gasteiger charge is -1.96. The summed E-state index contributed by atoms with van der Waals surface area (Å²) in [4.78, 5) is 14.8. The maximum absolute atomic E-state index is 10.9. The smallest absolute Gasteiger partial charge is 0.337 e. The van der Waals surface area contributed by atoms with Crippen molar-refractivity contribution in [2.24, 2.45) is 0 Å². The fraction of sp³-hybridized carbons (Fsp3) is 0.231. The van der Waals surface area contributed by atoms with Gasteiger partial charge in [0.15, 0.2) is 0 Å². The van der Waals surface area contributed by atoms with Crippen LogP contribution in [0.2, 0.25) is 0 Å². The number of pyridine rings is 1. The number of carboxylic acid groups (broad SMARTS) is 1. The van der Waals surface area contributed by atoms with Gasteiger partial charge in [-0.1, -0.05) is 17.9 Å². The molecule has 0 aromatic carbocycles. The van der Waals surface area contributed by atoms with Crippen molar-refractivity contribution in [3.05, 3.63) is 41.2 Å². The Kier molecular flexibility index (Phi) is 3.02. The average molecular weight is 213 g/mol. The van der Waals surface area contributed by atoms with Gasteiger partial charge in [-0.2, -0.15) is 0 Å². The summed E-state index contributed by atoms with van der Waals surface area (Å²) in [5.74, 6) is 4.91. The molecule has 1 aromatic heterocycles. The first kappa shape index (κ1) is 10.4. The molecule has 1 aliphatic carbocycles. The van der Waals surface area contributed by atoms with Crippen molar-refractivity contribution < 1.29 is 9.90 Å². The van der Waals surface area contributed by atoms with Gasteiger partial charge in [0.05, 0.1) is 11.1 Å². The highest BCUT2D eigenvalue weighted by atomic mass is 16.4. The van der Waals surface area contributed by atoms with Crippen LogP contribution in [0.3, 0.4) is 0 Å². The largest absolute Gasteiger partial charge is 0.478 e. The van der Waals surface area contributed by atoms with E-state index in [2.05, 4.69) is 22.9 Å². The first-order chi connectivity index (χ1) is 7.77. The number of carboxylic acids is 1. The molecule has 2 rings (SSSR count). The van der Waals surface area contributed by atoms with E-state index in [1.165, 1.54) is 18.5 Å². The van der Waals surface area contributed by atoms with Gasteiger partial charge in [-0.05, 0) is 30.9 Å². The summed E-state index contributed by atoms with van der Waals surface area (Å²) in [5.41, 5.74) is 1.78. The highest BCUT2D eigenvalue weighted by Crippen LogP contribution is 2.16. The Morgan fingerprint density at radius 1 is 1.44 bits per heavy atom. The molecule has 0 saturated heterocycles. The molecule has 1 aromatic rings. The molecule has 3 nitrogen and oxygen atoms in total. The third-order valence-corrected chi connectivity index (χ3v) is 2.45. The zero-order valence-electron chi connectivity index (χ0n) is 8.73. The molecule has 0 aliphatic heterocycles. The molecule has 0 spiro atoms. The summed E-state index contributed by atoms with van der Waals surface area (Å²) < 4.78 is 0. The summed E-state index contributed by atoms with van der Waals surface area (Å²) in [5, 5.41) is 8.95. The topological polar surface area (TPSA) is 50.2 Å². The Morgan fingerprint density at radius 3 is 3.00 bits per heavy atom. The summed E-state index contributed by atoms with van der Waals surface area (Å²) >= 11 is 0. The standard InChI is InChI=1S/C13H11NO2/c15-13(16)12-7-8-14-9-11(12)6-5-10-3-1-2-4-10/h3,7-9H,1-2,4H2,(H,15,16). The highest BCUT2D eigenvalue weighted by Gasteiger charge is 2.07. The lowest BCUT2D eigenvalue weighted by Crippen LogP contribution is -2.00. The molecule has 0 atom stereocenters. The molecule has 0 amide bonds. The molecule has 3 heteroatoms. The van der Waals surface area contributed by atoms with E-state index in [9.17, 15) is 4.79 Å². The average Bonchev–Trinajstić information content (AvgIpc) is 2.79. The molecular formula is C13H11NO2. The molecule has 0 fully saturated rings. The molecule has 1 N–H and O–H groups in total. The Hall–Kier alpha value is -2.08. The van der Waals surface area contributed by atoms with Crippen LogP contribution in [-0.4, -0.2) is 16.1 Å². The molecule has 0 radical (unpaired) electrons. The van der Waals surface area contributed by atoms with E-state index < -0.39 is 5.97 Å². The number of rotatable bonds is 1. The molecule has 16 heavy (non-hydrogen) atoms. The second-order valence-electron chi connectivity index (χ2n) is 3.60. The lowest BCUT2D eigenvalue weighted by molar-refractivity contribution is 0.0696. The van der Waals surface area contributed by atoms with Crippen molar-refractivity contribution in [1.29, 1.82) is 0 Å². The van der Waals surface area contributed by atoms with Gasteiger partial charge in [0.25, 0.3) is 0 Å². The second kappa shape index (κ2) is 4.63. The number of aromatic nitrogens is 1. The predicted molar refractivity (Wildman–Crippen MR) is 60.0 cm³/mol. The number of nitrogens with zero attached hydrogens (tertiary/aromatic N) is 1. The van der Waals surface area contributed by atoms with Gasteiger partial charge < -0.3 is 5.11 Å². The van der Waals surface area contributed by atoms with E-state index in [1.807, 2.05) is 0 Å².